The molecule has 0 radical (unpaired) electrons. The second kappa shape index (κ2) is 7.61. The van der Waals surface area contributed by atoms with Gasteiger partial charge in [0.25, 0.3) is 5.78 Å². The lowest BCUT2D eigenvalue weighted by Gasteiger charge is -2.30. The first-order valence-corrected chi connectivity index (χ1v) is 9.82. The van der Waals surface area contributed by atoms with Crippen LogP contribution in [0.3, 0.4) is 0 Å². The normalized spacial score (nSPS) is 17.7. The average Bonchev–Trinajstić information content (AvgIpc) is 3.02. The minimum Gasteiger partial charge on any atom is -0.468 e. The maximum atomic E-state index is 12.5. The number of rotatable bonds is 4. The molecule has 1 saturated heterocycles. The van der Waals surface area contributed by atoms with Crippen molar-refractivity contribution in [2.24, 2.45) is 0 Å². The van der Waals surface area contributed by atoms with Gasteiger partial charge in [0, 0.05) is 30.2 Å². The predicted octanol–water partition coefficient (Wildman–Crippen LogP) is 0.950. The number of carbonyl (C=O) groups is 2. The van der Waals surface area contributed by atoms with Gasteiger partial charge < -0.3 is 9.64 Å². The molecule has 0 spiro atoms. The second-order valence-electron chi connectivity index (χ2n) is 5.67. The van der Waals surface area contributed by atoms with E-state index in [1.54, 1.807) is 4.90 Å². The minimum atomic E-state index is -0.309. The van der Waals surface area contributed by atoms with Gasteiger partial charge in [-0.15, -0.1) is 22.0 Å². The third-order valence-corrected chi connectivity index (χ3v) is 5.95. The molecule has 3 rings (SSSR count). The highest BCUT2D eigenvalue weighted by Crippen LogP contribution is 2.23. The Balaban J connectivity index is 1.65. The fraction of sp³-hybridized carbons (Fsp3) is 0.533. The summed E-state index contributed by atoms with van der Waals surface area (Å²) in [5, 5.41) is 8.54. The molecule has 1 amide bonds. The molecule has 10 heteroatoms. The molecule has 1 fully saturated rings. The number of hydrogen-bond acceptors (Lipinski definition) is 8. The van der Waals surface area contributed by atoms with Crippen molar-refractivity contribution in [2.75, 3.05) is 31.7 Å². The third kappa shape index (κ3) is 3.90. The van der Waals surface area contributed by atoms with E-state index in [0.717, 1.165) is 17.1 Å². The van der Waals surface area contributed by atoms with Gasteiger partial charge in [0.2, 0.25) is 5.91 Å². The molecule has 1 atom stereocenters. The first-order valence-electron chi connectivity index (χ1n) is 7.79. The highest BCUT2D eigenvalue weighted by Gasteiger charge is 2.29. The number of hydrogen-bond donors (Lipinski definition) is 0. The molecule has 0 bridgehead atoms. The molecule has 0 aromatic carbocycles. The van der Waals surface area contributed by atoms with Crippen molar-refractivity contribution in [3.8, 4) is 0 Å². The van der Waals surface area contributed by atoms with E-state index in [0.29, 0.717) is 24.0 Å². The van der Waals surface area contributed by atoms with Crippen molar-refractivity contribution in [1.82, 2.24) is 24.5 Å². The minimum absolute atomic E-state index is 0.0197. The zero-order valence-corrected chi connectivity index (χ0v) is 15.9. The summed E-state index contributed by atoms with van der Waals surface area (Å²) < 4.78 is 6.62. The molecule has 134 valence electrons. The molecular weight excluding hydrogens is 362 g/mol. The number of fused-ring (bicyclic) bond motifs is 1. The van der Waals surface area contributed by atoms with Crippen molar-refractivity contribution >= 4 is 41.2 Å². The summed E-state index contributed by atoms with van der Waals surface area (Å²) in [5.74, 6) is 1.20. The Morgan fingerprint density at radius 1 is 1.40 bits per heavy atom. The molecule has 0 saturated carbocycles. The number of methoxy groups -OCH3 is 1. The van der Waals surface area contributed by atoms with Crippen LogP contribution in [-0.2, 0) is 14.3 Å². The van der Waals surface area contributed by atoms with Crippen LogP contribution in [0.15, 0.2) is 11.2 Å². The van der Waals surface area contributed by atoms with Crippen LogP contribution in [0.1, 0.15) is 11.4 Å². The third-order valence-electron chi connectivity index (χ3n) is 3.87. The van der Waals surface area contributed by atoms with Crippen LogP contribution in [-0.4, -0.2) is 73.3 Å². The smallest absolute Gasteiger partial charge is 0.320 e. The van der Waals surface area contributed by atoms with Crippen molar-refractivity contribution in [1.29, 1.82) is 0 Å². The van der Waals surface area contributed by atoms with E-state index in [1.807, 2.05) is 24.3 Å². The Hall–Kier alpha value is -1.81. The van der Waals surface area contributed by atoms with Gasteiger partial charge in [-0.05, 0) is 19.9 Å². The SMILES string of the molecule is COC(=O)[C@H]1CN(C(=O)CSc2nnc3nc(C)cc(C)n23)CCS1. The number of amides is 1. The molecule has 2 aromatic rings. The lowest BCUT2D eigenvalue weighted by molar-refractivity contribution is -0.141. The number of nitrogens with zero attached hydrogens (tertiary/aromatic N) is 5. The molecular formula is C15H19N5O3S2. The van der Waals surface area contributed by atoms with E-state index in [1.165, 1.54) is 30.6 Å². The lowest BCUT2D eigenvalue weighted by Crippen LogP contribution is -2.45. The van der Waals surface area contributed by atoms with E-state index < -0.39 is 0 Å². The molecule has 25 heavy (non-hydrogen) atoms. The highest BCUT2D eigenvalue weighted by atomic mass is 32.2. The second-order valence-corrected chi connectivity index (χ2v) is 7.92. The van der Waals surface area contributed by atoms with Crippen LogP contribution >= 0.6 is 23.5 Å². The van der Waals surface area contributed by atoms with Gasteiger partial charge in [-0.2, -0.15) is 0 Å². The molecule has 8 nitrogen and oxygen atoms in total. The first-order chi connectivity index (χ1) is 12.0. The van der Waals surface area contributed by atoms with E-state index in [-0.39, 0.29) is 22.9 Å². The van der Waals surface area contributed by atoms with Gasteiger partial charge >= 0.3 is 5.97 Å². The Bertz CT molecular complexity index is 810. The molecule has 3 heterocycles. The first kappa shape index (κ1) is 18.0. The van der Waals surface area contributed by atoms with Crippen LogP contribution < -0.4 is 0 Å². The molecule has 1 aliphatic heterocycles. The molecule has 0 unspecified atom stereocenters. The fourth-order valence-electron chi connectivity index (χ4n) is 2.66. The van der Waals surface area contributed by atoms with E-state index >= 15 is 0 Å². The van der Waals surface area contributed by atoms with Crippen LogP contribution in [0, 0.1) is 13.8 Å². The van der Waals surface area contributed by atoms with E-state index in [9.17, 15) is 9.59 Å². The van der Waals surface area contributed by atoms with Crippen molar-refractivity contribution in [3.05, 3.63) is 17.5 Å². The molecule has 0 N–H and O–H groups in total. The zero-order valence-electron chi connectivity index (χ0n) is 14.3. The standard InChI is InChI=1S/C15H19N5O3S2/c1-9-6-10(2)20-14(16-9)17-18-15(20)25-8-12(21)19-4-5-24-11(7-19)13(22)23-3/h6,11H,4-5,7-8H2,1-3H3/t11-/m1/s1. The number of carbonyl (C=O) groups excluding carboxylic acids is 2. The molecule has 2 aromatic heterocycles. The summed E-state index contributed by atoms with van der Waals surface area (Å²) in [6, 6.07) is 1.95. The number of thioether (sulfide) groups is 2. The quantitative estimate of drug-likeness (QED) is 0.571. The summed E-state index contributed by atoms with van der Waals surface area (Å²) in [7, 11) is 1.37. The zero-order chi connectivity index (χ0) is 18.0. The van der Waals surface area contributed by atoms with Crippen molar-refractivity contribution < 1.29 is 14.3 Å². The summed E-state index contributed by atoms with van der Waals surface area (Å²) in [4.78, 5) is 30.2. The van der Waals surface area contributed by atoms with Crippen LogP contribution in [0.25, 0.3) is 5.78 Å². The predicted molar refractivity (Wildman–Crippen MR) is 95.8 cm³/mol. The van der Waals surface area contributed by atoms with Gasteiger partial charge in [0.15, 0.2) is 5.16 Å². The number of ether oxygens (including phenoxy) is 1. The van der Waals surface area contributed by atoms with Gasteiger partial charge in [-0.25, -0.2) is 4.98 Å². The highest BCUT2D eigenvalue weighted by molar-refractivity contribution is 8.00. The van der Waals surface area contributed by atoms with E-state index in [4.69, 9.17) is 4.74 Å². The average molecular weight is 381 g/mol. The Morgan fingerprint density at radius 2 is 2.20 bits per heavy atom. The van der Waals surface area contributed by atoms with Gasteiger partial charge in [-0.3, -0.25) is 14.0 Å². The Labute approximate surface area is 153 Å². The van der Waals surface area contributed by atoms with Crippen LogP contribution in [0.2, 0.25) is 0 Å². The van der Waals surface area contributed by atoms with Gasteiger partial charge in [0.1, 0.15) is 5.25 Å². The molecule has 1 aliphatic rings. The van der Waals surface area contributed by atoms with Gasteiger partial charge in [-0.1, -0.05) is 11.8 Å². The van der Waals surface area contributed by atoms with E-state index in [2.05, 4.69) is 15.2 Å². The number of aromatic nitrogens is 4. The lowest BCUT2D eigenvalue weighted by atomic mass is 10.3. The summed E-state index contributed by atoms with van der Waals surface area (Å²) in [6.07, 6.45) is 0. The van der Waals surface area contributed by atoms with Gasteiger partial charge in [0.05, 0.1) is 12.9 Å². The fourth-order valence-corrected chi connectivity index (χ4v) is 4.68. The largest absolute Gasteiger partial charge is 0.468 e. The Kier molecular flexibility index (Phi) is 5.48. The Morgan fingerprint density at radius 3 is 2.96 bits per heavy atom. The summed E-state index contributed by atoms with van der Waals surface area (Å²) in [6.45, 7) is 4.89. The van der Waals surface area contributed by atoms with Crippen LogP contribution in [0.4, 0.5) is 0 Å². The maximum Gasteiger partial charge on any atom is 0.320 e. The van der Waals surface area contributed by atoms with Crippen LogP contribution in [0.5, 0.6) is 0 Å². The summed E-state index contributed by atoms with van der Waals surface area (Å²) in [5.41, 5.74) is 1.85. The number of esters is 1. The topological polar surface area (TPSA) is 89.7 Å². The monoisotopic (exact) mass is 381 g/mol. The number of aryl methyl sites for hydroxylation is 2. The van der Waals surface area contributed by atoms with Crippen molar-refractivity contribution in [3.63, 3.8) is 0 Å². The van der Waals surface area contributed by atoms with Crippen molar-refractivity contribution in [2.45, 2.75) is 24.3 Å². The maximum absolute atomic E-state index is 12.5. The summed E-state index contributed by atoms with van der Waals surface area (Å²) >= 11 is 2.86. The molecule has 0 aliphatic carbocycles.